The fraction of sp³-hybridized carbons (Fsp3) is 0.240. The Hall–Kier alpha value is -4.49. The fourth-order valence-corrected chi connectivity index (χ4v) is 3.25. The van der Waals surface area contributed by atoms with Gasteiger partial charge in [0.1, 0.15) is 18.2 Å². The number of hydrazone groups is 1. The van der Waals surface area contributed by atoms with E-state index in [1.54, 1.807) is 43.7 Å². The number of non-ortho nitro benzene ring substituents is 1. The van der Waals surface area contributed by atoms with E-state index in [0.29, 0.717) is 36.1 Å². The van der Waals surface area contributed by atoms with E-state index >= 15 is 0 Å². The summed E-state index contributed by atoms with van der Waals surface area (Å²) in [5.41, 5.74) is 6.24. The number of anilines is 1. The molecule has 1 N–H and O–H groups in total. The monoisotopic (exact) mass is 475 g/mol. The van der Waals surface area contributed by atoms with Crippen LogP contribution in [0.25, 0.3) is 0 Å². The van der Waals surface area contributed by atoms with Gasteiger partial charge in [-0.25, -0.2) is 4.98 Å². The first-order chi connectivity index (χ1) is 16.9. The van der Waals surface area contributed by atoms with Gasteiger partial charge in [-0.1, -0.05) is 0 Å². The van der Waals surface area contributed by atoms with E-state index in [0.717, 1.165) is 22.4 Å². The summed E-state index contributed by atoms with van der Waals surface area (Å²) in [5.74, 6) is 1.42. The third-order valence-electron chi connectivity index (χ3n) is 4.83. The van der Waals surface area contributed by atoms with Gasteiger partial charge in [-0.2, -0.15) is 10.4 Å². The smallest absolute Gasteiger partial charge is 0.269 e. The number of rotatable bonds is 11. The van der Waals surface area contributed by atoms with Crippen LogP contribution in [0.5, 0.6) is 11.5 Å². The van der Waals surface area contributed by atoms with Crippen LogP contribution in [0.15, 0.2) is 53.6 Å². The number of nitrogens with one attached hydrogen (secondary N) is 1. The van der Waals surface area contributed by atoms with Crippen molar-refractivity contribution in [1.82, 2.24) is 4.98 Å². The highest BCUT2D eigenvalue weighted by molar-refractivity contribution is 5.81. The molecule has 0 unspecified atom stereocenters. The summed E-state index contributed by atoms with van der Waals surface area (Å²) in [4.78, 5) is 14.7. The number of benzene rings is 2. The van der Waals surface area contributed by atoms with Crippen molar-refractivity contribution in [2.75, 3.05) is 19.1 Å². The number of hydrogen-bond donors (Lipinski definition) is 1. The first-order valence-electron chi connectivity index (χ1n) is 10.8. The molecule has 0 saturated carbocycles. The maximum Gasteiger partial charge on any atom is 0.269 e. The van der Waals surface area contributed by atoms with Gasteiger partial charge in [0.15, 0.2) is 17.3 Å². The third-order valence-corrected chi connectivity index (χ3v) is 4.83. The van der Waals surface area contributed by atoms with Crippen molar-refractivity contribution in [2.45, 2.75) is 27.1 Å². The van der Waals surface area contributed by atoms with Crippen molar-refractivity contribution in [1.29, 1.82) is 5.26 Å². The standard InChI is InChI=1S/C25H25N5O5/c1-4-34-24-12-19(7-10-23(24)35-15-18-5-8-21(9-6-18)30(31)32)14-27-29-25-22(13-26)20(16-33-3)11-17(2)28-25/h5-12,14H,4,15-16H2,1-3H3,(H,28,29)/b27-14-. The van der Waals surface area contributed by atoms with Crippen LogP contribution in [0.2, 0.25) is 0 Å². The Morgan fingerprint density at radius 1 is 1.14 bits per heavy atom. The predicted octanol–water partition coefficient (Wildman–Crippen LogP) is 4.74. The number of nitro benzene ring substituents is 1. The molecule has 3 aromatic rings. The molecule has 0 saturated heterocycles. The zero-order valence-corrected chi connectivity index (χ0v) is 19.6. The molecule has 0 aliphatic rings. The Balaban J connectivity index is 1.73. The predicted molar refractivity (Wildman–Crippen MR) is 131 cm³/mol. The molecule has 0 radical (unpaired) electrons. The van der Waals surface area contributed by atoms with Gasteiger partial charge in [0.05, 0.1) is 24.4 Å². The Morgan fingerprint density at radius 2 is 1.91 bits per heavy atom. The van der Waals surface area contributed by atoms with E-state index in [2.05, 4.69) is 21.6 Å². The van der Waals surface area contributed by atoms with E-state index in [1.165, 1.54) is 12.1 Å². The molecule has 0 aliphatic heterocycles. The van der Waals surface area contributed by atoms with E-state index in [-0.39, 0.29) is 12.3 Å². The summed E-state index contributed by atoms with van der Waals surface area (Å²) in [6.45, 7) is 4.66. The van der Waals surface area contributed by atoms with Crippen LogP contribution in [0, 0.1) is 28.4 Å². The Labute approximate surface area is 202 Å². The molecule has 0 amide bonds. The maximum atomic E-state index is 10.8. The van der Waals surface area contributed by atoms with Gasteiger partial charge in [0.25, 0.3) is 5.69 Å². The molecule has 3 rings (SSSR count). The number of aromatic nitrogens is 1. The average Bonchev–Trinajstić information content (AvgIpc) is 2.84. The lowest BCUT2D eigenvalue weighted by Crippen LogP contribution is -2.04. The van der Waals surface area contributed by atoms with Crippen LogP contribution in [0.3, 0.4) is 0 Å². The number of nitriles is 1. The van der Waals surface area contributed by atoms with E-state index in [4.69, 9.17) is 14.2 Å². The number of aryl methyl sites for hydroxylation is 1. The van der Waals surface area contributed by atoms with Gasteiger partial charge >= 0.3 is 0 Å². The summed E-state index contributed by atoms with van der Waals surface area (Å²) in [5, 5.41) is 24.6. The first kappa shape index (κ1) is 25.1. The molecule has 35 heavy (non-hydrogen) atoms. The van der Waals surface area contributed by atoms with Gasteiger partial charge in [0.2, 0.25) is 0 Å². The maximum absolute atomic E-state index is 10.8. The Morgan fingerprint density at radius 3 is 2.57 bits per heavy atom. The summed E-state index contributed by atoms with van der Waals surface area (Å²) >= 11 is 0. The van der Waals surface area contributed by atoms with Gasteiger partial charge < -0.3 is 14.2 Å². The number of hydrogen-bond acceptors (Lipinski definition) is 9. The van der Waals surface area contributed by atoms with Crippen LogP contribution < -0.4 is 14.9 Å². The second-order valence-electron chi connectivity index (χ2n) is 7.41. The minimum atomic E-state index is -0.443. The molecule has 0 fully saturated rings. The van der Waals surface area contributed by atoms with Crippen LogP contribution in [-0.4, -0.2) is 29.8 Å². The second-order valence-corrected chi connectivity index (χ2v) is 7.41. The summed E-state index contributed by atoms with van der Waals surface area (Å²) in [6, 6.07) is 15.5. The second kappa shape index (κ2) is 12.1. The molecule has 0 bridgehead atoms. The highest BCUT2D eigenvalue weighted by Gasteiger charge is 2.11. The summed E-state index contributed by atoms with van der Waals surface area (Å²) in [7, 11) is 1.57. The van der Waals surface area contributed by atoms with Gasteiger partial charge in [-0.15, -0.1) is 0 Å². The molecule has 0 spiro atoms. The lowest BCUT2D eigenvalue weighted by molar-refractivity contribution is -0.384. The highest BCUT2D eigenvalue weighted by Crippen LogP contribution is 2.29. The SMILES string of the molecule is CCOc1cc(/C=N\Nc2nc(C)cc(COC)c2C#N)ccc1OCc1ccc([N+](=O)[O-])cc1. The zero-order chi connectivity index (χ0) is 25.2. The molecular formula is C25H25N5O5. The summed E-state index contributed by atoms with van der Waals surface area (Å²) in [6.07, 6.45) is 1.59. The fourth-order valence-electron chi connectivity index (χ4n) is 3.25. The minimum Gasteiger partial charge on any atom is -0.490 e. The van der Waals surface area contributed by atoms with Crippen LogP contribution >= 0.6 is 0 Å². The normalized spacial score (nSPS) is 10.7. The lowest BCUT2D eigenvalue weighted by atomic mass is 10.1. The Kier molecular flexibility index (Phi) is 8.70. The largest absolute Gasteiger partial charge is 0.490 e. The van der Waals surface area contributed by atoms with Crippen LogP contribution in [0.1, 0.15) is 34.9 Å². The van der Waals surface area contributed by atoms with E-state index in [9.17, 15) is 15.4 Å². The molecule has 0 aliphatic carbocycles. The molecule has 1 aromatic heterocycles. The van der Waals surface area contributed by atoms with Crippen molar-refractivity contribution in [3.8, 4) is 17.6 Å². The quantitative estimate of drug-likeness (QED) is 0.239. The highest BCUT2D eigenvalue weighted by atomic mass is 16.6. The molecule has 10 nitrogen and oxygen atoms in total. The topological polar surface area (TPSA) is 132 Å². The van der Waals surface area contributed by atoms with Crippen LogP contribution in [0.4, 0.5) is 11.5 Å². The van der Waals surface area contributed by atoms with Crippen molar-refractivity contribution in [2.24, 2.45) is 5.10 Å². The number of nitro groups is 1. The molecule has 2 aromatic carbocycles. The van der Waals surface area contributed by atoms with E-state index < -0.39 is 4.92 Å². The number of nitrogens with zero attached hydrogens (tertiary/aromatic N) is 4. The van der Waals surface area contributed by atoms with Gasteiger partial charge in [-0.05, 0) is 61.4 Å². The average molecular weight is 476 g/mol. The molecule has 0 atom stereocenters. The first-order valence-corrected chi connectivity index (χ1v) is 10.8. The number of pyridine rings is 1. The number of ether oxygens (including phenoxy) is 3. The minimum absolute atomic E-state index is 0.0266. The molecule has 10 heteroatoms. The molecule has 180 valence electrons. The third kappa shape index (κ3) is 6.75. The van der Waals surface area contributed by atoms with Crippen LogP contribution in [-0.2, 0) is 18.0 Å². The van der Waals surface area contributed by atoms with Gasteiger partial charge in [0, 0.05) is 30.5 Å². The Bertz CT molecular complexity index is 1250. The van der Waals surface area contributed by atoms with Crippen molar-refractivity contribution >= 4 is 17.7 Å². The van der Waals surface area contributed by atoms with Crippen molar-refractivity contribution < 1.29 is 19.1 Å². The molecular weight excluding hydrogens is 450 g/mol. The number of methoxy groups -OCH3 is 1. The van der Waals surface area contributed by atoms with Crippen molar-refractivity contribution in [3.63, 3.8) is 0 Å². The lowest BCUT2D eigenvalue weighted by Gasteiger charge is -2.13. The molecule has 1 heterocycles. The summed E-state index contributed by atoms with van der Waals surface area (Å²) < 4.78 is 16.7. The van der Waals surface area contributed by atoms with Crippen molar-refractivity contribution in [3.05, 3.63) is 86.6 Å². The van der Waals surface area contributed by atoms with E-state index in [1.807, 2.05) is 19.9 Å². The zero-order valence-electron chi connectivity index (χ0n) is 19.6. The van der Waals surface area contributed by atoms with Gasteiger partial charge in [-0.3, -0.25) is 15.5 Å².